The molecule has 6 nitrogen and oxygen atoms in total. The van der Waals surface area contributed by atoms with Crippen LogP contribution in [0.2, 0.25) is 0 Å². The molecule has 1 N–H and O–H groups in total. The van der Waals surface area contributed by atoms with Crippen molar-refractivity contribution < 1.29 is 26.3 Å². The van der Waals surface area contributed by atoms with Crippen molar-refractivity contribution in [1.29, 1.82) is 0 Å². The first-order valence-electron chi connectivity index (χ1n) is 6.39. The molecule has 2 rings (SSSR count). The van der Waals surface area contributed by atoms with Gasteiger partial charge in [0.15, 0.2) is 0 Å². The molecule has 2 aromatic rings. The molecule has 0 aliphatic rings. The maximum Gasteiger partial charge on any atom is 0.573 e. The molecule has 0 aliphatic carbocycles. The van der Waals surface area contributed by atoms with Gasteiger partial charge in [-0.05, 0) is 26.0 Å². The zero-order valence-electron chi connectivity index (χ0n) is 12.5. The first-order valence-corrected chi connectivity index (χ1v) is 7.87. The first-order chi connectivity index (χ1) is 10.5. The molecule has 0 fully saturated rings. The highest BCUT2D eigenvalue weighted by atomic mass is 32.2. The van der Waals surface area contributed by atoms with Gasteiger partial charge in [0, 0.05) is 7.05 Å². The van der Waals surface area contributed by atoms with Crippen LogP contribution in [0.15, 0.2) is 29.2 Å². The highest BCUT2D eigenvalue weighted by Crippen LogP contribution is 2.31. The Morgan fingerprint density at radius 3 is 2.35 bits per heavy atom. The summed E-state index contributed by atoms with van der Waals surface area (Å²) in [6, 6.07) is 4.52. The van der Waals surface area contributed by atoms with Crippen molar-refractivity contribution in [2.24, 2.45) is 7.05 Å². The molecule has 0 saturated carbocycles. The van der Waals surface area contributed by atoms with Gasteiger partial charge in [-0.25, -0.2) is 8.42 Å². The molecule has 23 heavy (non-hydrogen) atoms. The molecule has 0 aliphatic heterocycles. The number of rotatable bonds is 4. The van der Waals surface area contributed by atoms with Crippen LogP contribution in [0.25, 0.3) is 0 Å². The average Bonchev–Trinajstić information content (AvgIpc) is 2.64. The molecule has 0 radical (unpaired) electrons. The van der Waals surface area contributed by atoms with E-state index in [1.807, 2.05) is 0 Å². The maximum absolute atomic E-state index is 12.4. The summed E-state index contributed by atoms with van der Waals surface area (Å²) < 4.78 is 69.6. The molecule has 0 atom stereocenters. The van der Waals surface area contributed by atoms with Crippen LogP contribution in [0.1, 0.15) is 11.4 Å². The van der Waals surface area contributed by atoms with E-state index in [0.29, 0.717) is 11.4 Å². The van der Waals surface area contributed by atoms with Gasteiger partial charge in [-0.3, -0.25) is 9.40 Å². The topological polar surface area (TPSA) is 73.2 Å². The van der Waals surface area contributed by atoms with Crippen molar-refractivity contribution in [2.45, 2.75) is 25.1 Å². The van der Waals surface area contributed by atoms with Gasteiger partial charge in [-0.2, -0.15) is 5.10 Å². The van der Waals surface area contributed by atoms with Crippen LogP contribution in [-0.2, 0) is 17.1 Å². The number of anilines is 1. The van der Waals surface area contributed by atoms with Gasteiger partial charge in [-0.1, -0.05) is 12.1 Å². The number of halogens is 3. The molecule has 1 heterocycles. The molecule has 10 heteroatoms. The SMILES string of the molecule is Cc1nn(C)c(C)c1NS(=O)(=O)c1ccccc1OC(F)(F)F. The lowest BCUT2D eigenvalue weighted by Crippen LogP contribution is -2.21. The number of hydrogen-bond acceptors (Lipinski definition) is 4. The van der Waals surface area contributed by atoms with Gasteiger partial charge < -0.3 is 4.74 Å². The van der Waals surface area contributed by atoms with Crippen molar-refractivity contribution in [2.75, 3.05) is 4.72 Å². The summed E-state index contributed by atoms with van der Waals surface area (Å²) >= 11 is 0. The molecule has 1 aromatic heterocycles. The lowest BCUT2D eigenvalue weighted by atomic mass is 10.3. The maximum atomic E-state index is 12.4. The van der Waals surface area contributed by atoms with E-state index < -0.39 is 27.0 Å². The quantitative estimate of drug-likeness (QED) is 0.921. The minimum atomic E-state index is -4.99. The summed E-state index contributed by atoms with van der Waals surface area (Å²) in [5.41, 5.74) is 1.15. The van der Waals surface area contributed by atoms with Crippen LogP contribution >= 0.6 is 0 Å². The molecule has 0 unspecified atom stereocenters. The third-order valence-electron chi connectivity index (χ3n) is 3.11. The molecule has 0 saturated heterocycles. The third kappa shape index (κ3) is 3.76. The van der Waals surface area contributed by atoms with Crippen LogP contribution in [0.4, 0.5) is 18.9 Å². The Kier molecular flexibility index (Phi) is 4.29. The van der Waals surface area contributed by atoms with Gasteiger partial charge in [0.1, 0.15) is 10.6 Å². The minimum Gasteiger partial charge on any atom is -0.404 e. The fraction of sp³-hybridized carbons (Fsp3) is 0.308. The number of sulfonamides is 1. The Balaban J connectivity index is 2.45. The van der Waals surface area contributed by atoms with Gasteiger partial charge in [-0.15, -0.1) is 13.2 Å². The van der Waals surface area contributed by atoms with E-state index in [2.05, 4.69) is 14.6 Å². The van der Waals surface area contributed by atoms with Crippen LogP contribution in [0, 0.1) is 13.8 Å². The highest BCUT2D eigenvalue weighted by molar-refractivity contribution is 7.92. The Hall–Kier alpha value is -2.23. The monoisotopic (exact) mass is 349 g/mol. The van der Waals surface area contributed by atoms with Crippen LogP contribution in [-0.4, -0.2) is 24.6 Å². The number of para-hydroxylation sites is 1. The molecule has 1 aromatic carbocycles. The molecule has 0 amide bonds. The summed E-state index contributed by atoms with van der Waals surface area (Å²) in [5.74, 6) is -0.799. The standard InChI is InChI=1S/C13H14F3N3O3S/c1-8-12(9(2)19(3)17-8)18-23(20,21)11-7-5-4-6-10(11)22-13(14,15)16/h4-7,18H,1-3H3. The Morgan fingerprint density at radius 2 is 1.83 bits per heavy atom. The molecule has 126 valence electrons. The Morgan fingerprint density at radius 1 is 1.22 bits per heavy atom. The van der Waals surface area contributed by atoms with E-state index in [9.17, 15) is 21.6 Å². The number of alkyl halides is 3. The number of nitrogens with zero attached hydrogens (tertiary/aromatic N) is 2. The second-order valence-electron chi connectivity index (χ2n) is 4.77. The summed E-state index contributed by atoms with van der Waals surface area (Å²) in [7, 11) is -2.65. The van der Waals surface area contributed by atoms with Crippen LogP contribution in [0.3, 0.4) is 0 Å². The van der Waals surface area contributed by atoms with Gasteiger partial charge >= 0.3 is 6.36 Å². The molecular weight excluding hydrogens is 335 g/mol. The summed E-state index contributed by atoms with van der Waals surface area (Å²) in [6.07, 6.45) is -4.99. The van der Waals surface area contributed by atoms with Gasteiger partial charge in [0.2, 0.25) is 0 Å². The zero-order chi connectivity index (χ0) is 17.4. The molecule has 0 spiro atoms. The van der Waals surface area contributed by atoms with E-state index in [1.54, 1.807) is 20.9 Å². The predicted octanol–water partition coefficient (Wildman–Crippen LogP) is 2.74. The van der Waals surface area contributed by atoms with Crippen molar-refractivity contribution in [3.63, 3.8) is 0 Å². The second kappa shape index (κ2) is 5.76. The first kappa shape index (κ1) is 17.1. The van der Waals surface area contributed by atoms with E-state index in [0.717, 1.165) is 12.1 Å². The summed E-state index contributed by atoms with van der Waals surface area (Å²) in [4.78, 5) is -0.611. The van der Waals surface area contributed by atoms with Crippen molar-refractivity contribution in [3.05, 3.63) is 35.7 Å². The third-order valence-corrected chi connectivity index (χ3v) is 4.50. The number of hydrogen-bond donors (Lipinski definition) is 1. The summed E-state index contributed by atoms with van der Waals surface area (Å²) in [6.45, 7) is 3.22. The Bertz CT molecular complexity index is 829. The lowest BCUT2D eigenvalue weighted by Gasteiger charge is -2.14. The second-order valence-corrected chi connectivity index (χ2v) is 6.42. The average molecular weight is 349 g/mol. The number of ether oxygens (including phenoxy) is 1. The normalized spacial score (nSPS) is 12.3. The van der Waals surface area contributed by atoms with Gasteiger partial charge in [0.25, 0.3) is 10.0 Å². The fourth-order valence-corrected chi connectivity index (χ4v) is 3.30. The van der Waals surface area contributed by atoms with E-state index in [-0.39, 0.29) is 5.69 Å². The number of aromatic nitrogens is 2. The highest BCUT2D eigenvalue weighted by Gasteiger charge is 2.34. The number of nitrogens with one attached hydrogen (secondary N) is 1. The van der Waals surface area contributed by atoms with E-state index in [1.165, 1.54) is 16.8 Å². The van der Waals surface area contributed by atoms with Crippen molar-refractivity contribution in [3.8, 4) is 5.75 Å². The predicted molar refractivity (Wildman–Crippen MR) is 76.6 cm³/mol. The molecule has 0 bridgehead atoms. The lowest BCUT2D eigenvalue weighted by molar-refractivity contribution is -0.275. The van der Waals surface area contributed by atoms with Crippen LogP contribution in [0.5, 0.6) is 5.75 Å². The minimum absolute atomic E-state index is 0.217. The number of benzene rings is 1. The summed E-state index contributed by atoms with van der Waals surface area (Å²) in [5, 5.41) is 4.05. The Labute approximate surface area is 130 Å². The van der Waals surface area contributed by atoms with Crippen molar-refractivity contribution >= 4 is 15.7 Å². The van der Waals surface area contributed by atoms with Crippen LogP contribution < -0.4 is 9.46 Å². The van der Waals surface area contributed by atoms with Gasteiger partial charge in [0.05, 0.1) is 17.1 Å². The largest absolute Gasteiger partial charge is 0.573 e. The smallest absolute Gasteiger partial charge is 0.404 e. The van der Waals surface area contributed by atoms with E-state index in [4.69, 9.17) is 0 Å². The molecular formula is C13H14F3N3O3S. The van der Waals surface area contributed by atoms with E-state index >= 15 is 0 Å². The number of aryl methyl sites for hydroxylation is 2. The zero-order valence-corrected chi connectivity index (χ0v) is 13.3. The van der Waals surface area contributed by atoms with Crippen molar-refractivity contribution in [1.82, 2.24) is 9.78 Å². The fourth-order valence-electron chi connectivity index (χ4n) is 1.99.